The highest BCUT2D eigenvalue weighted by atomic mass is 32.3. The van der Waals surface area contributed by atoms with Crippen molar-refractivity contribution in [1.82, 2.24) is 0 Å². The van der Waals surface area contributed by atoms with Gasteiger partial charge in [0, 0.05) is 24.5 Å². The highest BCUT2D eigenvalue weighted by Crippen LogP contribution is 2.28. The molecule has 0 spiro atoms. The van der Waals surface area contributed by atoms with Gasteiger partial charge in [-0.15, -0.1) is 11.3 Å². The van der Waals surface area contributed by atoms with Gasteiger partial charge in [0.25, 0.3) is 0 Å². The highest BCUT2D eigenvalue weighted by Gasteiger charge is 2.11. The summed E-state index contributed by atoms with van der Waals surface area (Å²) in [6.45, 7) is 8.48. The lowest BCUT2D eigenvalue weighted by molar-refractivity contribution is 0.0378. The molecule has 0 amide bonds. The number of rotatable bonds is 12. The second-order valence-electron chi connectivity index (χ2n) is 7.11. The summed E-state index contributed by atoms with van der Waals surface area (Å²) in [5.41, 5.74) is 15.4. The first-order valence-electron chi connectivity index (χ1n) is 10.6. The van der Waals surface area contributed by atoms with Crippen molar-refractivity contribution in [3.05, 3.63) is 39.8 Å². The van der Waals surface area contributed by atoms with Gasteiger partial charge in [0.1, 0.15) is 22.0 Å². The Labute approximate surface area is 210 Å². The van der Waals surface area contributed by atoms with Crippen LogP contribution in [0.25, 0.3) is 0 Å². The molecule has 1 heterocycles. The van der Waals surface area contributed by atoms with Crippen LogP contribution in [0.5, 0.6) is 0 Å². The molecule has 2 rings (SSSR count). The van der Waals surface area contributed by atoms with Crippen molar-refractivity contribution in [2.45, 2.75) is 20.8 Å². The summed E-state index contributed by atoms with van der Waals surface area (Å²) in [6.07, 6.45) is 0. The van der Waals surface area contributed by atoms with Crippen LogP contribution in [0.2, 0.25) is 0 Å². The van der Waals surface area contributed by atoms with Crippen LogP contribution in [0.1, 0.15) is 28.5 Å². The second-order valence-corrected chi connectivity index (χ2v) is 9.26. The number of hydrogen-bond acceptors (Lipinski definition) is 11. The average molecular weight is 526 g/mol. The molecule has 192 valence electrons. The Kier molecular flexibility index (Phi) is 13.0. The molecule has 13 heteroatoms. The van der Waals surface area contributed by atoms with Crippen LogP contribution in [0.4, 0.5) is 16.4 Å². The smallest absolute Gasteiger partial charge is 0.397 e. The molecule has 0 saturated carbocycles. The number of nitrogens with zero attached hydrogens (tertiary/aromatic N) is 3. The summed E-state index contributed by atoms with van der Waals surface area (Å²) in [6, 6.07) is 9.87. The van der Waals surface area contributed by atoms with Crippen LogP contribution in [-0.4, -0.2) is 59.1 Å². The molecule has 0 aliphatic heterocycles. The summed E-state index contributed by atoms with van der Waals surface area (Å²) >= 11 is 1.16. The van der Waals surface area contributed by atoms with Gasteiger partial charge in [-0.1, -0.05) is 0 Å². The van der Waals surface area contributed by atoms with Crippen LogP contribution < -0.4 is 16.4 Å². The molecular formula is C22H31N5O6S2. The molecule has 11 nitrogen and oxygen atoms in total. The molecule has 5 N–H and O–H groups in total. The van der Waals surface area contributed by atoms with Crippen LogP contribution in [0, 0.1) is 36.5 Å². The van der Waals surface area contributed by atoms with Crippen molar-refractivity contribution in [3.63, 3.8) is 0 Å². The van der Waals surface area contributed by atoms with E-state index in [2.05, 4.69) is 22.1 Å². The summed E-state index contributed by atoms with van der Waals surface area (Å²) in [5.74, 6) is 0. The monoisotopic (exact) mass is 525 g/mol. The van der Waals surface area contributed by atoms with E-state index in [9.17, 15) is 8.42 Å². The van der Waals surface area contributed by atoms with Crippen LogP contribution in [0.3, 0.4) is 0 Å². The van der Waals surface area contributed by atoms with Crippen molar-refractivity contribution in [3.8, 4) is 12.1 Å². The number of ether oxygens (including phenoxy) is 2. The minimum Gasteiger partial charge on any atom is -0.399 e. The van der Waals surface area contributed by atoms with Crippen molar-refractivity contribution in [2.75, 3.05) is 62.5 Å². The molecule has 0 bridgehead atoms. The third kappa shape index (κ3) is 10.9. The van der Waals surface area contributed by atoms with Gasteiger partial charge in [-0.3, -0.25) is 4.55 Å². The molecule has 1 aromatic carbocycles. The zero-order valence-corrected chi connectivity index (χ0v) is 21.6. The van der Waals surface area contributed by atoms with E-state index in [1.54, 1.807) is 6.92 Å². The van der Waals surface area contributed by atoms with Gasteiger partial charge in [0.15, 0.2) is 0 Å². The highest BCUT2D eigenvalue weighted by molar-refractivity contribution is 7.80. The van der Waals surface area contributed by atoms with Gasteiger partial charge in [0.2, 0.25) is 0 Å². The Hall–Kier alpha value is -2.91. The van der Waals surface area contributed by atoms with Gasteiger partial charge in [-0.25, -0.2) is 4.18 Å². The molecular weight excluding hydrogens is 494 g/mol. The fourth-order valence-electron chi connectivity index (χ4n) is 2.80. The summed E-state index contributed by atoms with van der Waals surface area (Å²) < 4.78 is 43.7. The normalized spacial score (nSPS) is 10.7. The summed E-state index contributed by atoms with van der Waals surface area (Å²) in [7, 11) is -4.39. The summed E-state index contributed by atoms with van der Waals surface area (Å²) in [5, 5.41) is 17.6. The molecule has 1 aromatic heterocycles. The number of thiophene rings is 1. The van der Waals surface area contributed by atoms with E-state index in [0.717, 1.165) is 41.4 Å². The molecule has 0 unspecified atom stereocenters. The van der Waals surface area contributed by atoms with E-state index >= 15 is 0 Å². The number of nitriles is 2. The van der Waals surface area contributed by atoms with Gasteiger partial charge in [0.05, 0.1) is 38.6 Å². The fourth-order valence-corrected chi connectivity index (χ4v) is 3.90. The molecule has 0 radical (unpaired) electrons. The number of benzene rings is 1. The minimum atomic E-state index is -4.39. The lowest BCUT2D eigenvalue weighted by atomic mass is 10.1. The van der Waals surface area contributed by atoms with Gasteiger partial charge in [-0.05, 0) is 50.1 Å². The summed E-state index contributed by atoms with van der Waals surface area (Å²) in [4.78, 5) is 2.71. The number of anilines is 3. The predicted molar refractivity (Wildman–Crippen MR) is 136 cm³/mol. The second kappa shape index (κ2) is 15.2. The third-order valence-electron chi connectivity index (χ3n) is 4.73. The number of aryl methyl sites for hydroxylation is 1. The van der Waals surface area contributed by atoms with Crippen LogP contribution in [0.15, 0.2) is 18.2 Å². The van der Waals surface area contributed by atoms with E-state index in [-0.39, 0.29) is 13.2 Å². The Balaban J connectivity index is 0.000000462. The lowest BCUT2D eigenvalue weighted by Crippen LogP contribution is -2.27. The molecule has 2 aromatic rings. The maximum absolute atomic E-state index is 10.3. The van der Waals surface area contributed by atoms with Gasteiger partial charge < -0.3 is 25.8 Å². The third-order valence-corrected chi connectivity index (χ3v) is 6.22. The largest absolute Gasteiger partial charge is 0.399 e. The predicted octanol–water partition coefficient (Wildman–Crippen LogP) is 2.64. The standard InChI is InChI=1S/C15H26N2O6S.C7H5N3S/c1-3-17(14-4-5-15(16)13(2)12-14)6-7-21-8-9-22-10-11-23-24(18,19)20;1-4-5(2-8)7(10)11-6(4)3-9/h4-5,12H,3,6-11,16H2,1-2H3,(H,18,19,20);10H2,1H3. The quantitative estimate of drug-likeness (QED) is 0.210. The zero-order valence-electron chi connectivity index (χ0n) is 20.0. The number of nitrogen functional groups attached to an aromatic ring is 2. The molecule has 0 saturated heterocycles. The van der Waals surface area contributed by atoms with E-state index in [4.69, 9.17) is 36.0 Å². The van der Waals surface area contributed by atoms with Crippen molar-refractivity contribution < 1.29 is 26.6 Å². The fraction of sp³-hybridized carbons (Fsp3) is 0.455. The first-order valence-corrected chi connectivity index (χ1v) is 12.8. The zero-order chi connectivity index (χ0) is 26.4. The average Bonchev–Trinajstić information content (AvgIpc) is 3.09. The Bertz CT molecular complexity index is 1140. The SMILES string of the molecule is CCN(CCOCCOCCOS(=O)(=O)O)c1ccc(N)c(C)c1.Cc1c(C#N)sc(N)c1C#N. The molecule has 0 aliphatic rings. The topological polar surface area (TPSA) is 185 Å². The number of hydrogen-bond donors (Lipinski definition) is 3. The van der Waals surface area contributed by atoms with Crippen molar-refractivity contribution in [1.29, 1.82) is 10.5 Å². The first-order chi connectivity index (χ1) is 16.5. The Morgan fingerprint density at radius 2 is 1.69 bits per heavy atom. The van der Waals surface area contributed by atoms with Crippen LogP contribution in [-0.2, 0) is 24.1 Å². The number of nitrogens with two attached hydrogens (primary N) is 2. The maximum atomic E-state index is 10.3. The van der Waals surface area contributed by atoms with E-state index in [1.165, 1.54) is 0 Å². The van der Waals surface area contributed by atoms with E-state index in [0.29, 0.717) is 40.8 Å². The minimum absolute atomic E-state index is 0.0644. The Morgan fingerprint density at radius 3 is 2.17 bits per heavy atom. The van der Waals surface area contributed by atoms with Gasteiger partial charge >= 0.3 is 10.4 Å². The van der Waals surface area contributed by atoms with E-state index < -0.39 is 10.4 Å². The van der Waals surface area contributed by atoms with Crippen molar-refractivity contribution >= 4 is 38.1 Å². The van der Waals surface area contributed by atoms with Gasteiger partial charge in [-0.2, -0.15) is 18.9 Å². The molecule has 0 atom stereocenters. The molecule has 0 fully saturated rings. The maximum Gasteiger partial charge on any atom is 0.397 e. The van der Waals surface area contributed by atoms with E-state index in [1.807, 2.05) is 31.2 Å². The molecule has 35 heavy (non-hydrogen) atoms. The first kappa shape index (κ1) is 30.1. The lowest BCUT2D eigenvalue weighted by Gasteiger charge is -2.23. The molecule has 0 aliphatic carbocycles. The van der Waals surface area contributed by atoms with Crippen LogP contribution >= 0.6 is 11.3 Å². The number of likely N-dealkylation sites (N-methyl/N-ethyl adjacent to an activating group) is 1. The Morgan fingerprint density at radius 1 is 1.06 bits per heavy atom. The van der Waals surface area contributed by atoms with Crippen molar-refractivity contribution in [2.24, 2.45) is 0 Å².